The predicted molar refractivity (Wildman–Crippen MR) is 127 cm³/mol. The smallest absolute Gasteiger partial charge is 0.258 e. The molecule has 1 aliphatic heterocycles. The van der Waals surface area contributed by atoms with E-state index in [9.17, 15) is 10.4 Å². The molecule has 0 aliphatic carbocycles. The molecule has 1 aromatic heterocycles. The second kappa shape index (κ2) is 9.60. The number of nitriles is 1. The maximum Gasteiger partial charge on any atom is 0.258 e. The molecule has 160 valence electrons. The van der Waals surface area contributed by atoms with Gasteiger partial charge >= 0.3 is 0 Å². The number of thiazole rings is 1. The van der Waals surface area contributed by atoms with Gasteiger partial charge in [0.2, 0.25) is 17.5 Å². The van der Waals surface area contributed by atoms with Crippen LogP contribution >= 0.6 is 23.6 Å². The molecule has 3 aromatic rings. The third kappa shape index (κ3) is 4.77. The SMILES string of the molecule is COc1ccc(N=C2OC(=Cc3sc(=S)n(CCc4ccccc4)c3O)N=C2C#N)cc1. The number of hydrogen-bond acceptors (Lipinski definition) is 8. The van der Waals surface area contributed by atoms with E-state index in [2.05, 4.69) is 9.98 Å². The number of benzene rings is 2. The average molecular weight is 463 g/mol. The van der Waals surface area contributed by atoms with Crippen molar-refractivity contribution in [3.8, 4) is 17.7 Å². The first-order valence-corrected chi connectivity index (χ1v) is 10.9. The van der Waals surface area contributed by atoms with Gasteiger partial charge in [-0.05, 0) is 48.5 Å². The van der Waals surface area contributed by atoms with Crippen LogP contribution in [0.1, 0.15) is 10.4 Å². The number of nitrogens with zero attached hydrogens (tertiary/aromatic N) is 4. The summed E-state index contributed by atoms with van der Waals surface area (Å²) < 4.78 is 13.0. The third-order valence-electron chi connectivity index (χ3n) is 4.65. The standard InChI is InChI=1S/C23H18N4O3S2/c1-29-17-9-7-16(8-10-17)25-21-18(14-24)26-20(30-21)13-19-22(28)27(23(31)32-19)12-11-15-5-3-2-4-6-15/h2-10,13,28H,11-12H2,1H3. The molecule has 2 aromatic carbocycles. The number of aryl methyl sites for hydroxylation is 1. The Morgan fingerprint density at radius 2 is 2.00 bits per heavy atom. The van der Waals surface area contributed by atoms with Gasteiger partial charge in [0.05, 0.1) is 17.7 Å². The summed E-state index contributed by atoms with van der Waals surface area (Å²) >= 11 is 6.67. The molecule has 1 aliphatic rings. The van der Waals surface area contributed by atoms with Gasteiger partial charge < -0.3 is 14.6 Å². The summed E-state index contributed by atoms with van der Waals surface area (Å²) in [6, 6.07) is 19.0. The number of ether oxygens (including phenoxy) is 2. The van der Waals surface area contributed by atoms with Crippen molar-refractivity contribution in [2.45, 2.75) is 13.0 Å². The topological polar surface area (TPSA) is 92.1 Å². The molecule has 1 N–H and O–H groups in total. The van der Waals surface area contributed by atoms with E-state index in [1.807, 2.05) is 36.4 Å². The van der Waals surface area contributed by atoms with Crippen LogP contribution < -0.4 is 4.74 Å². The molecule has 0 radical (unpaired) electrons. The summed E-state index contributed by atoms with van der Waals surface area (Å²) in [6.45, 7) is 0.548. The molecule has 32 heavy (non-hydrogen) atoms. The quantitative estimate of drug-likeness (QED) is 0.505. The van der Waals surface area contributed by atoms with E-state index in [1.165, 1.54) is 11.3 Å². The molecule has 0 amide bonds. The molecule has 9 heteroatoms. The van der Waals surface area contributed by atoms with Gasteiger partial charge in [-0.15, -0.1) is 11.3 Å². The molecule has 0 fully saturated rings. The Bertz CT molecular complexity index is 1310. The average Bonchev–Trinajstić information content (AvgIpc) is 3.32. The largest absolute Gasteiger partial charge is 0.497 e. The molecule has 0 bridgehead atoms. The first kappa shape index (κ1) is 21.5. The van der Waals surface area contributed by atoms with Crippen molar-refractivity contribution >= 4 is 46.9 Å². The van der Waals surface area contributed by atoms with Crippen LogP contribution in [0.4, 0.5) is 5.69 Å². The van der Waals surface area contributed by atoms with Crippen molar-refractivity contribution < 1.29 is 14.6 Å². The lowest BCUT2D eigenvalue weighted by atomic mass is 10.1. The zero-order chi connectivity index (χ0) is 22.5. The highest BCUT2D eigenvalue weighted by atomic mass is 32.1. The van der Waals surface area contributed by atoms with Gasteiger partial charge in [0.15, 0.2) is 3.95 Å². The van der Waals surface area contributed by atoms with Crippen molar-refractivity contribution in [2.75, 3.05) is 7.11 Å². The molecule has 4 rings (SSSR count). The number of aromatic nitrogens is 1. The van der Waals surface area contributed by atoms with Crippen molar-refractivity contribution in [3.05, 3.63) is 74.9 Å². The Labute approximate surface area is 193 Å². The van der Waals surface area contributed by atoms with Crippen LogP contribution in [0.15, 0.2) is 70.5 Å². The Hall–Kier alpha value is -3.74. The lowest BCUT2D eigenvalue weighted by Gasteiger charge is -2.05. The highest BCUT2D eigenvalue weighted by molar-refractivity contribution is 7.73. The van der Waals surface area contributed by atoms with E-state index in [0.717, 1.165) is 12.0 Å². The predicted octanol–water partition coefficient (Wildman–Crippen LogP) is 5.26. The van der Waals surface area contributed by atoms with Crippen molar-refractivity contribution in [2.24, 2.45) is 9.98 Å². The summed E-state index contributed by atoms with van der Waals surface area (Å²) in [4.78, 5) is 9.03. The number of aromatic hydroxyl groups is 1. The lowest BCUT2D eigenvalue weighted by molar-refractivity contribution is 0.413. The second-order valence-corrected chi connectivity index (χ2v) is 8.39. The molecular formula is C23H18N4O3S2. The Kier molecular flexibility index (Phi) is 6.44. The van der Waals surface area contributed by atoms with Crippen molar-refractivity contribution in [3.63, 3.8) is 0 Å². The minimum absolute atomic E-state index is 0.0429. The highest BCUT2D eigenvalue weighted by Gasteiger charge is 2.23. The second-order valence-electron chi connectivity index (χ2n) is 6.71. The van der Waals surface area contributed by atoms with Crippen LogP contribution in [0.5, 0.6) is 11.6 Å². The van der Waals surface area contributed by atoms with Gasteiger partial charge in [-0.2, -0.15) is 10.3 Å². The molecule has 0 spiro atoms. The van der Waals surface area contributed by atoms with E-state index in [0.29, 0.717) is 26.8 Å². The molecule has 0 unspecified atom stereocenters. The summed E-state index contributed by atoms with van der Waals surface area (Å²) in [5.74, 6) is 0.997. The Balaban J connectivity index is 1.55. The first-order chi connectivity index (χ1) is 15.6. The van der Waals surface area contributed by atoms with Gasteiger partial charge in [-0.25, -0.2) is 4.99 Å². The number of methoxy groups -OCH3 is 1. The van der Waals surface area contributed by atoms with E-state index < -0.39 is 0 Å². The molecular weight excluding hydrogens is 444 g/mol. The summed E-state index contributed by atoms with van der Waals surface area (Å²) in [7, 11) is 1.58. The minimum Gasteiger partial charge on any atom is -0.497 e. The van der Waals surface area contributed by atoms with Crippen LogP contribution in [0.25, 0.3) is 6.08 Å². The van der Waals surface area contributed by atoms with Crippen LogP contribution in [-0.2, 0) is 17.7 Å². The van der Waals surface area contributed by atoms with Gasteiger partial charge in [0.25, 0.3) is 5.90 Å². The van der Waals surface area contributed by atoms with E-state index in [-0.39, 0.29) is 23.4 Å². The number of aliphatic imine (C=N–C) groups is 2. The van der Waals surface area contributed by atoms with Crippen molar-refractivity contribution in [1.82, 2.24) is 4.57 Å². The zero-order valence-electron chi connectivity index (χ0n) is 17.1. The van der Waals surface area contributed by atoms with Gasteiger partial charge in [0, 0.05) is 12.6 Å². The van der Waals surface area contributed by atoms with Crippen LogP contribution in [0.3, 0.4) is 0 Å². The van der Waals surface area contributed by atoms with Crippen LogP contribution in [0, 0.1) is 15.3 Å². The number of hydrogen-bond donors (Lipinski definition) is 1. The maximum absolute atomic E-state index is 10.7. The van der Waals surface area contributed by atoms with Crippen LogP contribution in [0.2, 0.25) is 0 Å². The van der Waals surface area contributed by atoms with Crippen molar-refractivity contribution in [1.29, 1.82) is 5.26 Å². The molecule has 0 saturated carbocycles. The first-order valence-electron chi connectivity index (χ1n) is 9.65. The fourth-order valence-electron chi connectivity index (χ4n) is 3.02. The maximum atomic E-state index is 10.7. The van der Waals surface area contributed by atoms with Gasteiger partial charge in [-0.1, -0.05) is 30.3 Å². The monoisotopic (exact) mass is 462 g/mol. The summed E-state index contributed by atoms with van der Waals surface area (Å²) in [5, 5.41) is 20.1. The van der Waals surface area contributed by atoms with E-state index >= 15 is 0 Å². The Morgan fingerprint density at radius 1 is 1.25 bits per heavy atom. The molecule has 7 nitrogen and oxygen atoms in total. The van der Waals surface area contributed by atoms with Crippen LogP contribution in [-0.4, -0.2) is 28.4 Å². The minimum atomic E-state index is 0.0429. The summed E-state index contributed by atoms with van der Waals surface area (Å²) in [6.07, 6.45) is 2.30. The molecule has 2 heterocycles. The third-order valence-corrected chi connectivity index (χ3v) is 6.04. The molecule has 0 atom stereocenters. The normalized spacial score (nSPS) is 15.4. The fraction of sp³-hybridized carbons (Fsp3) is 0.130. The van der Waals surface area contributed by atoms with E-state index in [4.69, 9.17) is 21.7 Å². The Morgan fingerprint density at radius 3 is 2.69 bits per heavy atom. The fourth-order valence-corrected chi connectivity index (χ4v) is 4.30. The highest BCUT2D eigenvalue weighted by Crippen LogP contribution is 2.30. The lowest BCUT2D eigenvalue weighted by Crippen LogP contribution is -2.07. The summed E-state index contributed by atoms with van der Waals surface area (Å²) in [5.41, 5.74) is 1.80. The number of rotatable bonds is 6. The zero-order valence-corrected chi connectivity index (χ0v) is 18.7. The molecule has 0 saturated heterocycles. The van der Waals surface area contributed by atoms with Gasteiger partial charge in [0.1, 0.15) is 11.8 Å². The van der Waals surface area contributed by atoms with E-state index in [1.54, 1.807) is 42.0 Å². The van der Waals surface area contributed by atoms with Gasteiger partial charge in [-0.3, -0.25) is 4.57 Å².